The second-order valence-corrected chi connectivity index (χ2v) is 17.4. The van der Waals surface area contributed by atoms with Gasteiger partial charge in [-0.15, -0.1) is 0 Å². The van der Waals surface area contributed by atoms with E-state index in [9.17, 15) is 26.7 Å². The Balaban J connectivity index is 0.000000783. The second-order valence-electron chi connectivity index (χ2n) is 11.0. The van der Waals surface area contributed by atoms with Crippen LogP contribution in [-0.2, 0) is 48.8 Å². The molecule has 1 fully saturated rings. The van der Waals surface area contributed by atoms with Gasteiger partial charge in [-0.1, -0.05) is 31.9 Å². The maximum Gasteiger partial charge on any atom is 1.00 e. The van der Waals surface area contributed by atoms with Gasteiger partial charge in [0.05, 0.1) is 24.7 Å². The van der Waals surface area contributed by atoms with Crippen molar-refractivity contribution in [1.82, 2.24) is 9.13 Å². The fourth-order valence-corrected chi connectivity index (χ4v) is 7.10. The molecule has 2 aromatic carbocycles. The van der Waals surface area contributed by atoms with Gasteiger partial charge >= 0.3 is 24.8 Å². The van der Waals surface area contributed by atoms with Gasteiger partial charge in [0.2, 0.25) is 0 Å². The molecule has 4 aromatic rings. The van der Waals surface area contributed by atoms with Crippen LogP contribution in [0.3, 0.4) is 0 Å². The minimum atomic E-state index is -3.02. The average Bonchev–Trinajstić information content (AvgIpc) is 3.73. The van der Waals surface area contributed by atoms with E-state index in [0.29, 0.717) is 38.2 Å². The van der Waals surface area contributed by atoms with E-state index in [1.54, 1.807) is 13.0 Å². The van der Waals surface area contributed by atoms with Crippen LogP contribution in [0.15, 0.2) is 57.5 Å². The largest absolute Gasteiger partial charge is 1.00 e. The molecule has 0 unspecified atom stereocenters. The Morgan fingerprint density at radius 1 is 0.854 bits per heavy atom. The first-order chi connectivity index (χ1) is 21.7. The topological polar surface area (TPSA) is 134 Å². The van der Waals surface area contributed by atoms with E-state index < -0.39 is 25.6 Å². The number of aromatic nitrogens is 2. The van der Waals surface area contributed by atoms with Gasteiger partial charge in [-0.25, -0.2) is 21.6 Å². The zero-order valence-electron chi connectivity index (χ0n) is 28.4. The minimum absolute atomic E-state index is 0. The summed E-state index contributed by atoms with van der Waals surface area (Å²) in [5.41, 5.74) is 3.16. The van der Waals surface area contributed by atoms with Gasteiger partial charge in [-0.3, -0.25) is 0 Å². The molecule has 3 heterocycles. The Bertz CT molecular complexity index is 1840. The summed E-state index contributed by atoms with van der Waals surface area (Å²) in [7, 11) is -5.96. The Morgan fingerprint density at radius 2 is 1.33 bits per heavy atom. The Morgan fingerprint density at radius 3 is 1.77 bits per heavy atom. The van der Waals surface area contributed by atoms with Crippen LogP contribution in [0.5, 0.6) is 0 Å². The van der Waals surface area contributed by atoms with Crippen molar-refractivity contribution in [2.45, 2.75) is 52.3 Å². The van der Waals surface area contributed by atoms with Gasteiger partial charge in [0.1, 0.15) is 25.4 Å². The summed E-state index contributed by atoms with van der Waals surface area (Å²) >= 11 is 6.82. The summed E-state index contributed by atoms with van der Waals surface area (Å²) in [6, 6.07) is 15.3. The van der Waals surface area contributed by atoms with Crippen molar-refractivity contribution in [2.75, 3.05) is 43.8 Å². The standard InChI is InChI=1S/C15H18BrNO4S.C13H16BrNO3S.C4H8O.Al.Li.4H/c1-3-21-15(18)14-10-11-9-12(16)5-6-13(11)17(14)7-4-8-22(2,19)20;1-19(17,18)6-2-5-15-12(9-16)8-10-7-11(14)3-4-13(10)15;1-2-4-5-3-1;;;;;;/h5-6,9-10H,3-4,7-8H2,1-2H3;3-4,7-8,16H,2,5-6,9H2,1H3;1-4H2;;;;;;/q;;;;+1;;;;-1. The fourth-order valence-electron chi connectivity index (χ4n) is 5.03. The van der Waals surface area contributed by atoms with E-state index in [4.69, 9.17) is 9.47 Å². The number of esters is 1. The summed E-state index contributed by atoms with van der Waals surface area (Å²) in [4.78, 5) is 12.1. The Labute approximate surface area is 324 Å². The molecule has 0 radical (unpaired) electrons. The van der Waals surface area contributed by atoms with Crippen LogP contribution >= 0.6 is 31.9 Å². The number of nitrogens with zero attached hydrogens (tertiary/aromatic N) is 2. The summed E-state index contributed by atoms with van der Waals surface area (Å²) in [6.45, 7) is 5.05. The monoisotopic (exact) mass is 842 g/mol. The summed E-state index contributed by atoms with van der Waals surface area (Å²) in [5, 5.41) is 11.4. The van der Waals surface area contributed by atoms with Crippen LogP contribution in [0.25, 0.3) is 21.8 Å². The fraction of sp³-hybridized carbons (Fsp3) is 0.469. The van der Waals surface area contributed by atoms with E-state index in [2.05, 4.69) is 31.9 Å². The molecule has 16 heteroatoms. The van der Waals surface area contributed by atoms with Gasteiger partial charge in [0.25, 0.3) is 0 Å². The zero-order valence-corrected chi connectivity index (χ0v) is 32.2. The van der Waals surface area contributed by atoms with E-state index in [1.807, 2.05) is 51.6 Å². The quantitative estimate of drug-likeness (QED) is 0.180. The van der Waals surface area contributed by atoms with E-state index in [-0.39, 0.29) is 55.8 Å². The van der Waals surface area contributed by atoms with Gasteiger partial charge in [-0.2, -0.15) is 0 Å². The number of halogens is 2. The minimum Gasteiger partial charge on any atom is -1.00 e. The van der Waals surface area contributed by atoms with Crippen molar-refractivity contribution >= 4 is 96.7 Å². The number of aliphatic hydroxyl groups excluding tert-OH is 1. The number of ether oxygens (including phenoxy) is 2. The van der Waals surface area contributed by atoms with Crippen LogP contribution in [0.2, 0.25) is 0 Å². The molecule has 0 spiro atoms. The van der Waals surface area contributed by atoms with Crippen molar-refractivity contribution in [3.05, 3.63) is 68.9 Å². The van der Waals surface area contributed by atoms with E-state index >= 15 is 0 Å². The SMILES string of the molecule is C1CCOC1.CCOC(=O)c1cc2cc(Br)ccc2n1CCCS(C)(=O)=O.CS(=O)(=O)CCCn1c(CO)cc2cc(Br)ccc21.[AlH3].[H-].[Li+]. The molecule has 1 N–H and O–H groups in total. The Kier molecular flexibility index (Phi) is 19.9. The van der Waals surface area contributed by atoms with Gasteiger partial charge in [0.15, 0.2) is 17.4 Å². The first-order valence-electron chi connectivity index (χ1n) is 15.0. The number of hydrogen-bond donors (Lipinski definition) is 1. The number of aryl methyl sites for hydroxylation is 2. The molecule has 0 atom stereocenters. The third-order valence-electron chi connectivity index (χ3n) is 7.08. The van der Waals surface area contributed by atoms with Crippen molar-refractivity contribution in [3.8, 4) is 0 Å². The number of carbonyl (C=O) groups is 1. The molecular weight excluding hydrogens is 798 g/mol. The van der Waals surface area contributed by atoms with Crippen molar-refractivity contribution < 1.29 is 56.5 Å². The first-order valence-corrected chi connectivity index (χ1v) is 20.7. The molecule has 1 aliphatic heterocycles. The average molecular weight is 845 g/mol. The number of hydrogen-bond acceptors (Lipinski definition) is 8. The summed E-state index contributed by atoms with van der Waals surface area (Å²) in [6.07, 6.45) is 6.01. The summed E-state index contributed by atoms with van der Waals surface area (Å²) in [5.74, 6) is -0.145. The first kappa shape index (κ1) is 44.9. The zero-order chi connectivity index (χ0) is 33.9. The van der Waals surface area contributed by atoms with Gasteiger partial charge in [-0.05, 0) is 81.1 Å². The number of benzene rings is 2. The number of sulfone groups is 2. The number of carbonyl (C=O) groups excluding carboxylic acids is 1. The third-order valence-corrected chi connectivity index (χ3v) is 10.1. The molecule has 2 aromatic heterocycles. The van der Waals surface area contributed by atoms with Crippen molar-refractivity contribution in [3.63, 3.8) is 0 Å². The molecule has 1 saturated heterocycles. The van der Waals surface area contributed by atoms with Gasteiger partial charge in [0, 0.05) is 75.3 Å². The molecular formula is C32H46AlBr2LiN2O8S2. The van der Waals surface area contributed by atoms with Crippen LogP contribution in [0.4, 0.5) is 0 Å². The molecule has 0 amide bonds. The van der Waals surface area contributed by atoms with Crippen molar-refractivity contribution in [2.24, 2.45) is 0 Å². The molecule has 0 aliphatic carbocycles. The number of fused-ring (bicyclic) bond motifs is 2. The molecule has 262 valence electrons. The number of rotatable bonds is 11. The smallest absolute Gasteiger partial charge is 1.00 e. The molecule has 0 bridgehead atoms. The normalized spacial score (nSPS) is 12.7. The van der Waals surface area contributed by atoms with Crippen LogP contribution in [-0.4, -0.2) is 98.2 Å². The summed E-state index contributed by atoms with van der Waals surface area (Å²) < 4.78 is 60.6. The third kappa shape index (κ3) is 14.6. The Hall–Kier alpha value is -1.10. The molecule has 10 nitrogen and oxygen atoms in total. The molecule has 48 heavy (non-hydrogen) atoms. The predicted molar refractivity (Wildman–Crippen MR) is 201 cm³/mol. The van der Waals surface area contributed by atoms with Crippen molar-refractivity contribution in [1.29, 1.82) is 0 Å². The van der Waals surface area contributed by atoms with Crippen LogP contribution in [0.1, 0.15) is 50.2 Å². The molecule has 0 saturated carbocycles. The second kappa shape index (κ2) is 21.3. The van der Waals surface area contributed by atoms with E-state index in [0.717, 1.165) is 49.7 Å². The number of aliphatic hydroxyl groups is 1. The van der Waals surface area contributed by atoms with E-state index in [1.165, 1.54) is 25.4 Å². The van der Waals surface area contributed by atoms with Gasteiger partial charge < -0.3 is 25.1 Å². The van der Waals surface area contributed by atoms with Crippen LogP contribution < -0.4 is 18.9 Å². The van der Waals surface area contributed by atoms with Crippen LogP contribution in [0, 0.1) is 0 Å². The maximum atomic E-state index is 12.1. The molecule has 5 rings (SSSR count). The predicted octanol–water partition coefficient (Wildman–Crippen LogP) is 2.08. The molecule has 1 aliphatic rings. The maximum absolute atomic E-state index is 12.1.